The highest BCUT2D eigenvalue weighted by Gasteiger charge is 2.20. The van der Waals surface area contributed by atoms with Crippen LogP contribution in [0.4, 0.5) is 0 Å². The zero-order valence-corrected chi connectivity index (χ0v) is 12.3. The highest BCUT2D eigenvalue weighted by molar-refractivity contribution is 5.79. The van der Waals surface area contributed by atoms with Crippen LogP contribution in [-0.4, -0.2) is 32.2 Å². The molecule has 4 heteroatoms. The minimum atomic E-state index is 0.721. The van der Waals surface area contributed by atoms with Gasteiger partial charge in [-0.05, 0) is 44.2 Å². The van der Waals surface area contributed by atoms with Gasteiger partial charge in [-0.15, -0.1) is 0 Å². The van der Waals surface area contributed by atoms with Gasteiger partial charge in [0.25, 0.3) is 0 Å². The molecule has 20 heavy (non-hydrogen) atoms. The summed E-state index contributed by atoms with van der Waals surface area (Å²) >= 11 is 0. The summed E-state index contributed by atoms with van der Waals surface area (Å²) in [5.74, 6) is 2.69. The predicted octanol–water partition coefficient (Wildman–Crippen LogP) is 2.42. The van der Waals surface area contributed by atoms with Gasteiger partial charge >= 0.3 is 0 Å². The molecule has 0 bridgehead atoms. The van der Waals surface area contributed by atoms with E-state index in [0.717, 1.165) is 50.3 Å². The zero-order chi connectivity index (χ0) is 14.0. The van der Waals surface area contributed by atoms with Crippen molar-refractivity contribution in [2.75, 3.05) is 26.2 Å². The summed E-state index contributed by atoms with van der Waals surface area (Å²) in [6.45, 7) is 5.54. The Hall–Kier alpha value is -1.71. The molecule has 1 fully saturated rings. The van der Waals surface area contributed by atoms with Crippen LogP contribution in [0.1, 0.15) is 26.2 Å². The topological polar surface area (TPSA) is 45.7 Å². The van der Waals surface area contributed by atoms with Crippen molar-refractivity contribution in [1.82, 2.24) is 10.6 Å². The fourth-order valence-corrected chi connectivity index (χ4v) is 1.85. The molecule has 0 saturated heterocycles. The highest BCUT2D eigenvalue weighted by atomic mass is 16.5. The number of rotatable bonds is 8. The van der Waals surface area contributed by atoms with Gasteiger partial charge in [0.15, 0.2) is 5.96 Å². The molecule has 0 unspecified atom stereocenters. The van der Waals surface area contributed by atoms with Gasteiger partial charge in [-0.2, -0.15) is 0 Å². The Morgan fingerprint density at radius 1 is 1.25 bits per heavy atom. The van der Waals surface area contributed by atoms with Crippen LogP contribution in [0.25, 0.3) is 0 Å². The van der Waals surface area contributed by atoms with Crippen molar-refractivity contribution in [3.63, 3.8) is 0 Å². The molecule has 0 heterocycles. The molecule has 0 aliphatic heterocycles. The van der Waals surface area contributed by atoms with Crippen molar-refractivity contribution in [2.24, 2.45) is 10.9 Å². The smallest absolute Gasteiger partial charge is 0.191 e. The van der Waals surface area contributed by atoms with Crippen molar-refractivity contribution in [2.45, 2.75) is 26.2 Å². The molecule has 2 N–H and O–H groups in total. The molecular formula is C16H25N3O. The van der Waals surface area contributed by atoms with Crippen molar-refractivity contribution in [3.05, 3.63) is 30.3 Å². The third-order valence-electron chi connectivity index (χ3n) is 3.17. The zero-order valence-electron chi connectivity index (χ0n) is 12.3. The molecule has 0 atom stereocenters. The van der Waals surface area contributed by atoms with Crippen molar-refractivity contribution < 1.29 is 4.74 Å². The number of nitrogens with zero attached hydrogens (tertiary/aromatic N) is 1. The van der Waals surface area contributed by atoms with Gasteiger partial charge < -0.3 is 15.4 Å². The third kappa shape index (κ3) is 5.95. The first-order valence-electron chi connectivity index (χ1n) is 7.58. The number of hydrogen-bond donors (Lipinski definition) is 2. The molecular weight excluding hydrogens is 250 g/mol. The number of guanidine groups is 1. The maximum atomic E-state index is 5.66. The second kappa shape index (κ2) is 8.46. The van der Waals surface area contributed by atoms with Crippen molar-refractivity contribution in [3.8, 4) is 5.75 Å². The minimum Gasteiger partial charge on any atom is -0.494 e. The van der Waals surface area contributed by atoms with Crippen LogP contribution in [0.2, 0.25) is 0 Å². The number of nitrogens with one attached hydrogen (secondary N) is 2. The molecule has 2 rings (SSSR count). The van der Waals surface area contributed by atoms with Crippen LogP contribution in [0.15, 0.2) is 35.3 Å². The molecule has 0 aromatic heterocycles. The molecule has 1 aliphatic carbocycles. The summed E-state index contributed by atoms with van der Waals surface area (Å²) in [5.41, 5.74) is 0. The Morgan fingerprint density at radius 2 is 2.05 bits per heavy atom. The lowest BCUT2D eigenvalue weighted by Crippen LogP contribution is -2.38. The standard InChI is InChI=1S/C16H25N3O/c1-2-17-16(19-13-14-9-10-14)18-11-6-12-20-15-7-4-3-5-8-15/h3-5,7-8,14H,2,6,9-13H2,1H3,(H2,17,18,19). The van der Waals surface area contributed by atoms with Gasteiger partial charge in [0.05, 0.1) is 6.61 Å². The van der Waals surface area contributed by atoms with Crippen LogP contribution < -0.4 is 15.4 Å². The lowest BCUT2D eigenvalue weighted by atomic mass is 10.3. The maximum Gasteiger partial charge on any atom is 0.191 e. The van der Waals surface area contributed by atoms with Crippen molar-refractivity contribution >= 4 is 5.96 Å². The van der Waals surface area contributed by atoms with Crippen LogP contribution in [0.3, 0.4) is 0 Å². The molecule has 0 amide bonds. The van der Waals surface area contributed by atoms with Gasteiger partial charge in [0.2, 0.25) is 0 Å². The highest BCUT2D eigenvalue weighted by Crippen LogP contribution is 2.28. The third-order valence-corrected chi connectivity index (χ3v) is 3.17. The molecule has 0 radical (unpaired) electrons. The van der Waals surface area contributed by atoms with E-state index in [2.05, 4.69) is 22.5 Å². The predicted molar refractivity (Wildman–Crippen MR) is 83.3 cm³/mol. The van der Waals surface area contributed by atoms with E-state index in [1.807, 2.05) is 30.3 Å². The number of ether oxygens (including phenoxy) is 1. The monoisotopic (exact) mass is 275 g/mol. The van der Waals surface area contributed by atoms with Gasteiger partial charge in [0.1, 0.15) is 5.75 Å². The second-order valence-corrected chi connectivity index (χ2v) is 5.10. The lowest BCUT2D eigenvalue weighted by Gasteiger charge is -2.11. The summed E-state index contributed by atoms with van der Waals surface area (Å²) in [5, 5.41) is 6.62. The minimum absolute atomic E-state index is 0.721. The average Bonchev–Trinajstić information content (AvgIpc) is 3.29. The first-order valence-corrected chi connectivity index (χ1v) is 7.58. The number of benzene rings is 1. The number of aliphatic imine (C=N–C) groups is 1. The summed E-state index contributed by atoms with van der Waals surface area (Å²) in [6, 6.07) is 9.93. The number of hydrogen-bond acceptors (Lipinski definition) is 2. The van der Waals surface area contributed by atoms with Gasteiger partial charge in [-0.3, -0.25) is 4.99 Å². The molecule has 1 saturated carbocycles. The molecule has 1 aliphatic rings. The number of para-hydroxylation sites is 1. The van der Waals surface area contributed by atoms with Crippen LogP contribution in [0, 0.1) is 5.92 Å². The van der Waals surface area contributed by atoms with Gasteiger partial charge in [0, 0.05) is 19.6 Å². The van der Waals surface area contributed by atoms with E-state index >= 15 is 0 Å². The molecule has 1 aromatic carbocycles. The lowest BCUT2D eigenvalue weighted by molar-refractivity contribution is 0.311. The molecule has 4 nitrogen and oxygen atoms in total. The SMILES string of the molecule is CCNC(=NCC1CC1)NCCCOc1ccccc1. The maximum absolute atomic E-state index is 5.66. The Kier molecular flexibility index (Phi) is 6.21. The first-order chi connectivity index (χ1) is 9.88. The first kappa shape index (κ1) is 14.7. The summed E-state index contributed by atoms with van der Waals surface area (Å²) in [7, 11) is 0. The summed E-state index contributed by atoms with van der Waals surface area (Å²) < 4.78 is 5.66. The Bertz CT molecular complexity index is 401. The largest absolute Gasteiger partial charge is 0.494 e. The molecule has 1 aromatic rings. The van der Waals surface area contributed by atoms with E-state index in [-0.39, 0.29) is 0 Å². The van der Waals surface area contributed by atoms with Crippen LogP contribution in [-0.2, 0) is 0 Å². The van der Waals surface area contributed by atoms with E-state index in [0.29, 0.717) is 0 Å². The normalized spacial score (nSPS) is 14.9. The van der Waals surface area contributed by atoms with Gasteiger partial charge in [-0.25, -0.2) is 0 Å². The van der Waals surface area contributed by atoms with E-state index in [4.69, 9.17) is 4.74 Å². The van der Waals surface area contributed by atoms with E-state index in [1.54, 1.807) is 0 Å². The second-order valence-electron chi connectivity index (χ2n) is 5.10. The van der Waals surface area contributed by atoms with E-state index in [1.165, 1.54) is 12.8 Å². The fourth-order valence-electron chi connectivity index (χ4n) is 1.85. The fraction of sp³-hybridized carbons (Fsp3) is 0.562. The molecule has 0 spiro atoms. The van der Waals surface area contributed by atoms with Crippen LogP contribution >= 0.6 is 0 Å². The average molecular weight is 275 g/mol. The Morgan fingerprint density at radius 3 is 2.75 bits per heavy atom. The quantitative estimate of drug-likeness (QED) is 0.435. The van der Waals surface area contributed by atoms with Crippen molar-refractivity contribution in [1.29, 1.82) is 0 Å². The Labute approximate surface area is 121 Å². The summed E-state index contributed by atoms with van der Waals surface area (Å²) in [4.78, 5) is 4.58. The van der Waals surface area contributed by atoms with Gasteiger partial charge in [-0.1, -0.05) is 18.2 Å². The van der Waals surface area contributed by atoms with Crippen LogP contribution in [0.5, 0.6) is 5.75 Å². The van der Waals surface area contributed by atoms with E-state index < -0.39 is 0 Å². The van der Waals surface area contributed by atoms with E-state index in [9.17, 15) is 0 Å². The summed E-state index contributed by atoms with van der Waals surface area (Å²) in [6.07, 6.45) is 3.64. The Balaban J connectivity index is 1.59. The molecule has 110 valence electrons.